The van der Waals surface area contributed by atoms with Gasteiger partial charge in [-0.05, 0) is 18.9 Å². The highest BCUT2D eigenvalue weighted by Crippen LogP contribution is 2.31. The SMILES string of the molecule is O=C(O)CC1(NC(=O)c2c[nH]c(=O)c3ccccc23)CCCCC1. The van der Waals surface area contributed by atoms with E-state index in [1.54, 1.807) is 24.3 Å². The lowest BCUT2D eigenvalue weighted by Crippen LogP contribution is -2.51. The molecule has 1 aromatic carbocycles. The monoisotopic (exact) mass is 328 g/mol. The van der Waals surface area contributed by atoms with Crippen molar-refractivity contribution in [3.8, 4) is 0 Å². The van der Waals surface area contributed by atoms with Crippen LogP contribution in [0.1, 0.15) is 48.9 Å². The number of carbonyl (C=O) groups excluding carboxylic acids is 1. The molecule has 0 saturated heterocycles. The quantitative estimate of drug-likeness (QED) is 0.802. The van der Waals surface area contributed by atoms with Crippen LogP contribution in [0, 0.1) is 0 Å². The van der Waals surface area contributed by atoms with Gasteiger partial charge in [-0.2, -0.15) is 0 Å². The van der Waals surface area contributed by atoms with Crippen LogP contribution in [0.15, 0.2) is 35.3 Å². The van der Waals surface area contributed by atoms with Crippen molar-refractivity contribution in [2.45, 2.75) is 44.1 Å². The van der Waals surface area contributed by atoms with Crippen LogP contribution in [-0.4, -0.2) is 27.5 Å². The summed E-state index contributed by atoms with van der Waals surface area (Å²) in [5.41, 5.74) is -0.598. The number of aliphatic carboxylic acids is 1. The van der Waals surface area contributed by atoms with Gasteiger partial charge in [0.15, 0.2) is 0 Å². The molecule has 6 heteroatoms. The first kappa shape index (κ1) is 16.2. The third-order valence-corrected chi connectivity index (χ3v) is 4.73. The molecule has 126 valence electrons. The highest BCUT2D eigenvalue weighted by molar-refractivity contribution is 6.06. The molecule has 1 aromatic heterocycles. The second-order valence-corrected chi connectivity index (χ2v) is 6.44. The minimum Gasteiger partial charge on any atom is -0.481 e. The van der Waals surface area contributed by atoms with Gasteiger partial charge in [-0.3, -0.25) is 14.4 Å². The molecule has 1 amide bonds. The van der Waals surface area contributed by atoms with E-state index in [1.807, 2.05) is 0 Å². The molecule has 0 radical (unpaired) electrons. The Balaban J connectivity index is 1.95. The summed E-state index contributed by atoms with van der Waals surface area (Å²) in [5, 5.41) is 13.2. The zero-order chi connectivity index (χ0) is 17.2. The summed E-state index contributed by atoms with van der Waals surface area (Å²) in [4.78, 5) is 38.5. The molecule has 1 aliphatic carbocycles. The fourth-order valence-corrected chi connectivity index (χ4v) is 3.57. The summed E-state index contributed by atoms with van der Waals surface area (Å²) in [6.07, 6.45) is 5.49. The zero-order valence-electron chi connectivity index (χ0n) is 13.3. The van der Waals surface area contributed by atoms with Gasteiger partial charge < -0.3 is 15.4 Å². The van der Waals surface area contributed by atoms with Crippen LogP contribution >= 0.6 is 0 Å². The van der Waals surface area contributed by atoms with Gasteiger partial charge >= 0.3 is 5.97 Å². The fraction of sp³-hybridized carbons (Fsp3) is 0.389. The number of hydrogen-bond acceptors (Lipinski definition) is 3. The fourth-order valence-electron chi connectivity index (χ4n) is 3.57. The average Bonchev–Trinajstić information content (AvgIpc) is 2.55. The van der Waals surface area contributed by atoms with Gasteiger partial charge in [0.2, 0.25) is 0 Å². The standard InChI is InChI=1S/C18H20N2O4/c21-15(22)10-18(8-4-1-5-9-18)20-17(24)14-11-19-16(23)13-7-3-2-6-12(13)14/h2-3,6-7,11H,1,4-5,8-10H2,(H,19,23)(H,20,24)(H,21,22). The highest BCUT2D eigenvalue weighted by atomic mass is 16.4. The zero-order valence-corrected chi connectivity index (χ0v) is 13.3. The summed E-state index contributed by atoms with van der Waals surface area (Å²) >= 11 is 0. The molecule has 1 heterocycles. The molecule has 0 atom stereocenters. The number of nitrogens with one attached hydrogen (secondary N) is 2. The Morgan fingerprint density at radius 2 is 1.79 bits per heavy atom. The predicted molar refractivity (Wildman–Crippen MR) is 90.1 cm³/mol. The summed E-state index contributed by atoms with van der Waals surface area (Å²) in [6, 6.07) is 6.90. The van der Waals surface area contributed by atoms with Crippen LogP contribution in [-0.2, 0) is 4.79 Å². The number of amides is 1. The van der Waals surface area contributed by atoms with E-state index in [0.717, 1.165) is 19.3 Å². The number of fused-ring (bicyclic) bond motifs is 1. The van der Waals surface area contributed by atoms with Crippen molar-refractivity contribution in [3.05, 3.63) is 46.4 Å². The maximum Gasteiger partial charge on any atom is 0.305 e. The number of carbonyl (C=O) groups is 2. The molecule has 3 rings (SSSR count). The Labute approximate surface area is 138 Å². The topological polar surface area (TPSA) is 99.3 Å². The molecule has 1 saturated carbocycles. The molecule has 24 heavy (non-hydrogen) atoms. The van der Waals surface area contributed by atoms with Gasteiger partial charge in [-0.1, -0.05) is 37.5 Å². The summed E-state index contributed by atoms with van der Waals surface area (Å²) in [5.74, 6) is -1.26. The van der Waals surface area contributed by atoms with Crippen molar-refractivity contribution in [3.63, 3.8) is 0 Å². The van der Waals surface area contributed by atoms with E-state index in [2.05, 4.69) is 10.3 Å². The number of carboxylic acids is 1. The van der Waals surface area contributed by atoms with Gasteiger partial charge in [0.25, 0.3) is 11.5 Å². The van der Waals surface area contributed by atoms with E-state index < -0.39 is 11.5 Å². The summed E-state index contributed by atoms with van der Waals surface area (Å²) < 4.78 is 0. The third kappa shape index (κ3) is 3.18. The highest BCUT2D eigenvalue weighted by Gasteiger charge is 2.36. The number of hydrogen-bond donors (Lipinski definition) is 3. The Morgan fingerprint density at radius 1 is 1.12 bits per heavy atom. The van der Waals surface area contributed by atoms with Crippen LogP contribution in [0.4, 0.5) is 0 Å². The first-order chi connectivity index (χ1) is 11.5. The Kier molecular flexibility index (Phi) is 4.38. The van der Waals surface area contributed by atoms with Crippen molar-refractivity contribution >= 4 is 22.6 Å². The van der Waals surface area contributed by atoms with Gasteiger partial charge in [-0.25, -0.2) is 0 Å². The van der Waals surface area contributed by atoms with Crippen LogP contribution in [0.3, 0.4) is 0 Å². The van der Waals surface area contributed by atoms with Crippen LogP contribution < -0.4 is 10.9 Å². The minimum absolute atomic E-state index is 0.0833. The Morgan fingerprint density at radius 3 is 2.46 bits per heavy atom. The van der Waals surface area contributed by atoms with Gasteiger partial charge in [0, 0.05) is 17.0 Å². The molecule has 0 unspecified atom stereocenters. The lowest BCUT2D eigenvalue weighted by atomic mass is 9.79. The van der Waals surface area contributed by atoms with Crippen molar-refractivity contribution in [2.75, 3.05) is 0 Å². The van der Waals surface area contributed by atoms with Crippen LogP contribution in [0.5, 0.6) is 0 Å². The average molecular weight is 328 g/mol. The molecular formula is C18H20N2O4. The van der Waals surface area contributed by atoms with Gasteiger partial charge in [0.1, 0.15) is 0 Å². The van der Waals surface area contributed by atoms with Crippen molar-refractivity contribution in [1.29, 1.82) is 0 Å². The molecule has 0 bridgehead atoms. The number of carboxylic acid groups (broad SMARTS) is 1. The number of benzene rings is 1. The number of aromatic amines is 1. The number of H-pyrrole nitrogens is 1. The number of pyridine rings is 1. The molecule has 3 N–H and O–H groups in total. The predicted octanol–water partition coefficient (Wildman–Crippen LogP) is 2.44. The lowest BCUT2D eigenvalue weighted by molar-refractivity contribution is -0.139. The van der Waals surface area contributed by atoms with Crippen molar-refractivity contribution in [2.24, 2.45) is 0 Å². The minimum atomic E-state index is -0.913. The first-order valence-corrected chi connectivity index (χ1v) is 8.15. The van der Waals surface area contributed by atoms with Gasteiger partial charge in [0.05, 0.1) is 17.5 Å². The van der Waals surface area contributed by atoms with E-state index in [1.165, 1.54) is 6.20 Å². The summed E-state index contributed by atoms with van der Waals surface area (Å²) in [7, 11) is 0. The third-order valence-electron chi connectivity index (χ3n) is 4.73. The first-order valence-electron chi connectivity index (χ1n) is 8.15. The smallest absolute Gasteiger partial charge is 0.305 e. The van der Waals surface area contributed by atoms with E-state index in [-0.39, 0.29) is 17.9 Å². The molecule has 0 aliphatic heterocycles. The second-order valence-electron chi connectivity index (χ2n) is 6.44. The Hall–Kier alpha value is -2.63. The van der Waals surface area contributed by atoms with Crippen molar-refractivity contribution in [1.82, 2.24) is 10.3 Å². The largest absolute Gasteiger partial charge is 0.481 e. The second kappa shape index (κ2) is 6.47. The molecule has 0 spiro atoms. The van der Waals surface area contributed by atoms with E-state index >= 15 is 0 Å². The van der Waals surface area contributed by atoms with E-state index in [9.17, 15) is 19.5 Å². The van der Waals surface area contributed by atoms with Crippen LogP contribution in [0.25, 0.3) is 10.8 Å². The number of aromatic nitrogens is 1. The number of rotatable bonds is 4. The molecule has 6 nitrogen and oxygen atoms in total. The maximum absolute atomic E-state index is 12.8. The van der Waals surface area contributed by atoms with E-state index in [0.29, 0.717) is 29.2 Å². The molecule has 1 fully saturated rings. The van der Waals surface area contributed by atoms with E-state index in [4.69, 9.17) is 0 Å². The summed E-state index contributed by atoms with van der Waals surface area (Å²) in [6.45, 7) is 0. The van der Waals surface area contributed by atoms with Crippen molar-refractivity contribution < 1.29 is 14.7 Å². The van der Waals surface area contributed by atoms with Crippen LogP contribution in [0.2, 0.25) is 0 Å². The molecular weight excluding hydrogens is 308 g/mol. The normalized spacial score (nSPS) is 16.7. The lowest BCUT2D eigenvalue weighted by Gasteiger charge is -2.37. The molecule has 1 aliphatic rings. The van der Waals surface area contributed by atoms with Gasteiger partial charge in [-0.15, -0.1) is 0 Å². The maximum atomic E-state index is 12.8. The molecule has 2 aromatic rings. The Bertz CT molecular complexity index is 834.